The molecule has 0 amide bonds. The van der Waals surface area contributed by atoms with Crippen LogP contribution < -0.4 is 20.8 Å². The molecule has 0 aliphatic carbocycles. The molecule has 0 saturated heterocycles. The van der Waals surface area contributed by atoms with Gasteiger partial charge in [-0.1, -0.05) is 24.3 Å². The van der Waals surface area contributed by atoms with Crippen LogP contribution in [-0.4, -0.2) is 34.1 Å². The molecule has 0 spiro atoms. The van der Waals surface area contributed by atoms with Crippen LogP contribution in [-0.2, 0) is 0 Å². The van der Waals surface area contributed by atoms with E-state index in [4.69, 9.17) is 0 Å². The predicted molar refractivity (Wildman–Crippen MR) is 118 cm³/mol. The summed E-state index contributed by atoms with van der Waals surface area (Å²) >= 11 is 0. The van der Waals surface area contributed by atoms with Gasteiger partial charge in [0, 0.05) is 0 Å². The van der Waals surface area contributed by atoms with Gasteiger partial charge in [-0.25, -0.2) is 0 Å². The number of carbonyl (C=O) groups is 2. The summed E-state index contributed by atoms with van der Waals surface area (Å²) in [5.74, 6) is -2.67. The summed E-state index contributed by atoms with van der Waals surface area (Å²) < 4.78 is 0. The Morgan fingerprint density at radius 1 is 0.533 bits per heavy atom. The molecule has 0 heterocycles. The smallest absolute Gasteiger partial charge is 0.0879 e. The first kappa shape index (κ1) is 30.3. The van der Waals surface area contributed by atoms with Crippen LogP contribution in [0.25, 0.3) is 0 Å². The summed E-state index contributed by atoms with van der Waals surface area (Å²) in [4.78, 5) is 20.4. The quantitative estimate of drug-likeness (QED) is 0.728. The fraction of sp³-hybridized carbons (Fsp3) is 0.667. The minimum Gasteiger partial charge on any atom is -0.545 e. The second-order valence-electron chi connectivity index (χ2n) is 11.9. The number of benzene rings is 1. The zero-order valence-electron chi connectivity index (χ0n) is 21.1. The lowest BCUT2D eigenvalue weighted by molar-refractivity contribution is -0.772. The van der Waals surface area contributed by atoms with Crippen molar-refractivity contribution in [1.29, 1.82) is 0 Å². The molecule has 0 bridgehead atoms. The molecule has 1 aromatic rings. The summed E-state index contributed by atoms with van der Waals surface area (Å²) in [6, 6.07) is 4.61. The van der Waals surface area contributed by atoms with E-state index >= 15 is 0 Å². The predicted octanol–water partition coefficient (Wildman–Crippen LogP) is 0.707. The molecule has 0 atom stereocenters. The van der Waals surface area contributed by atoms with Crippen LogP contribution in [0.15, 0.2) is 24.3 Å². The van der Waals surface area contributed by atoms with Crippen molar-refractivity contribution >= 4 is 11.9 Å². The van der Waals surface area contributed by atoms with E-state index in [9.17, 15) is 19.8 Å². The van der Waals surface area contributed by atoms with E-state index in [0.717, 1.165) is 24.3 Å². The zero-order chi connectivity index (χ0) is 24.6. The van der Waals surface area contributed by atoms with Gasteiger partial charge in [-0.3, -0.25) is 0 Å². The van der Waals surface area contributed by atoms with Gasteiger partial charge < -0.3 is 30.4 Å². The maximum atomic E-state index is 10.2. The van der Waals surface area contributed by atoms with Crippen LogP contribution in [0.2, 0.25) is 0 Å². The SMILES string of the molecule is CC(C)(C)[NH2+]C(C)(C)C.CC(C)(C)[NH2+]C(C)(C)C.O=C([O-])c1ccc(C(=O)[O-])cc1. The minimum atomic E-state index is -1.33. The first-order chi connectivity index (χ1) is 13.0. The molecule has 4 N–H and O–H groups in total. The number of rotatable bonds is 2. The van der Waals surface area contributed by atoms with E-state index in [1.54, 1.807) is 0 Å². The number of carboxylic acid groups (broad SMARTS) is 2. The summed E-state index contributed by atoms with van der Waals surface area (Å²) in [6.45, 7) is 26.8. The lowest BCUT2D eigenvalue weighted by atomic mass is 10.0. The maximum absolute atomic E-state index is 10.2. The molecule has 0 aliphatic heterocycles. The highest BCUT2D eigenvalue weighted by Crippen LogP contribution is 2.02. The van der Waals surface area contributed by atoms with Crippen LogP contribution >= 0.6 is 0 Å². The number of nitrogens with two attached hydrogens (primary N) is 2. The van der Waals surface area contributed by atoms with Gasteiger partial charge in [-0.05, 0) is 94.2 Å². The van der Waals surface area contributed by atoms with E-state index in [1.807, 2.05) is 0 Å². The Bertz CT molecular complexity index is 570. The van der Waals surface area contributed by atoms with Gasteiger partial charge in [0.15, 0.2) is 0 Å². The largest absolute Gasteiger partial charge is 0.545 e. The van der Waals surface area contributed by atoms with Gasteiger partial charge in [0.25, 0.3) is 0 Å². The van der Waals surface area contributed by atoms with Crippen LogP contribution in [0.1, 0.15) is 104 Å². The van der Waals surface area contributed by atoms with Crippen LogP contribution in [0.5, 0.6) is 0 Å². The van der Waals surface area contributed by atoms with E-state index < -0.39 is 11.9 Å². The number of hydrogen-bond acceptors (Lipinski definition) is 4. The number of hydrogen-bond donors (Lipinski definition) is 2. The van der Waals surface area contributed by atoms with E-state index in [0.29, 0.717) is 22.2 Å². The summed E-state index contributed by atoms with van der Waals surface area (Å²) in [5, 5.41) is 25.2. The molecule has 0 unspecified atom stereocenters. The third kappa shape index (κ3) is 20.8. The average Bonchev–Trinajstić information content (AvgIpc) is 2.40. The highest BCUT2D eigenvalue weighted by Gasteiger charge is 2.23. The van der Waals surface area contributed by atoms with Crippen molar-refractivity contribution in [2.24, 2.45) is 0 Å². The van der Waals surface area contributed by atoms with Gasteiger partial charge in [0.2, 0.25) is 0 Å². The maximum Gasteiger partial charge on any atom is 0.0879 e. The molecule has 6 heteroatoms. The first-order valence-electron chi connectivity index (χ1n) is 10.3. The Balaban J connectivity index is 0. The van der Waals surface area contributed by atoms with Crippen LogP contribution in [0, 0.1) is 0 Å². The standard InChI is InChI=1S/2C8H19N.C8H6O4/c2*1-7(2,3)9-8(4,5)6;9-7(10)5-1-2-6(4-3-5)8(11)12/h2*9H,1-6H3;1-4H,(H,9,10)(H,11,12). The molecule has 0 radical (unpaired) electrons. The molecular weight excluding hydrogens is 380 g/mol. The molecule has 0 fully saturated rings. The monoisotopic (exact) mass is 424 g/mol. The topological polar surface area (TPSA) is 113 Å². The zero-order valence-corrected chi connectivity index (χ0v) is 21.1. The Kier molecular flexibility index (Phi) is 11.6. The van der Waals surface area contributed by atoms with Crippen molar-refractivity contribution in [2.75, 3.05) is 0 Å². The molecular formula is C24H44N2O4. The Labute approximate surface area is 183 Å². The summed E-state index contributed by atoms with van der Waals surface area (Å²) in [7, 11) is 0. The molecule has 0 aliphatic rings. The number of aromatic carboxylic acids is 2. The van der Waals surface area contributed by atoms with Gasteiger partial charge in [0.1, 0.15) is 0 Å². The van der Waals surface area contributed by atoms with E-state index in [-0.39, 0.29) is 11.1 Å². The second kappa shape index (κ2) is 11.5. The van der Waals surface area contributed by atoms with Crippen molar-refractivity contribution in [3.8, 4) is 0 Å². The van der Waals surface area contributed by atoms with Crippen molar-refractivity contribution < 1.29 is 30.4 Å². The molecule has 1 aromatic carbocycles. The van der Waals surface area contributed by atoms with Crippen molar-refractivity contribution in [1.82, 2.24) is 0 Å². The molecule has 174 valence electrons. The second-order valence-corrected chi connectivity index (χ2v) is 11.9. The highest BCUT2D eigenvalue weighted by molar-refractivity contribution is 5.89. The first-order valence-corrected chi connectivity index (χ1v) is 10.3. The minimum absolute atomic E-state index is 0.0556. The average molecular weight is 425 g/mol. The normalized spacial score (nSPS) is 12.1. The number of carboxylic acids is 2. The Hall–Kier alpha value is -1.92. The van der Waals surface area contributed by atoms with Gasteiger partial charge >= 0.3 is 0 Å². The molecule has 0 saturated carbocycles. The molecule has 6 nitrogen and oxygen atoms in total. The fourth-order valence-electron chi connectivity index (χ4n) is 3.34. The van der Waals surface area contributed by atoms with E-state index in [2.05, 4.69) is 93.7 Å². The lowest BCUT2D eigenvalue weighted by Gasteiger charge is -2.27. The molecule has 1 rings (SSSR count). The van der Waals surface area contributed by atoms with Crippen molar-refractivity contribution in [3.05, 3.63) is 35.4 Å². The lowest BCUT2D eigenvalue weighted by Crippen LogP contribution is -3.02. The summed E-state index contributed by atoms with van der Waals surface area (Å²) in [5.41, 5.74) is 1.33. The van der Waals surface area contributed by atoms with Crippen molar-refractivity contribution in [2.45, 2.75) is 105 Å². The van der Waals surface area contributed by atoms with Gasteiger partial charge in [-0.2, -0.15) is 0 Å². The van der Waals surface area contributed by atoms with Gasteiger partial charge in [-0.15, -0.1) is 0 Å². The fourth-order valence-corrected chi connectivity index (χ4v) is 3.34. The van der Waals surface area contributed by atoms with E-state index in [1.165, 1.54) is 0 Å². The Morgan fingerprint density at radius 3 is 0.767 bits per heavy atom. The third-order valence-electron chi connectivity index (χ3n) is 3.09. The highest BCUT2D eigenvalue weighted by atomic mass is 16.4. The van der Waals surface area contributed by atoms with Crippen LogP contribution in [0.4, 0.5) is 0 Å². The Morgan fingerprint density at radius 2 is 0.700 bits per heavy atom. The number of quaternary nitrogens is 2. The van der Waals surface area contributed by atoms with Crippen LogP contribution in [0.3, 0.4) is 0 Å². The summed E-state index contributed by atoms with van der Waals surface area (Å²) in [6.07, 6.45) is 0. The molecule has 30 heavy (non-hydrogen) atoms. The number of carbonyl (C=O) groups excluding carboxylic acids is 2. The third-order valence-corrected chi connectivity index (χ3v) is 3.09. The van der Waals surface area contributed by atoms with Crippen molar-refractivity contribution in [3.63, 3.8) is 0 Å². The van der Waals surface area contributed by atoms with Gasteiger partial charge in [0.05, 0.1) is 34.1 Å². The molecule has 0 aromatic heterocycles.